The van der Waals surface area contributed by atoms with Crippen molar-refractivity contribution in [1.29, 1.82) is 0 Å². The van der Waals surface area contributed by atoms with Crippen molar-refractivity contribution in [2.45, 2.75) is 0 Å². The molecule has 0 N–H and O–H groups in total. The summed E-state index contributed by atoms with van der Waals surface area (Å²) in [4.78, 5) is 0. The Hall–Kier alpha value is 2.34. The molecule has 0 aliphatic heterocycles. The average Bonchev–Trinajstić information content (AvgIpc) is 0. The van der Waals surface area contributed by atoms with Crippen molar-refractivity contribution in [3.8, 4) is 0 Å². The Morgan fingerprint density at radius 2 is 1.00 bits per heavy atom. The molecule has 0 rings (SSSR count). The molecule has 0 saturated heterocycles. The fourth-order valence-corrected chi connectivity index (χ4v) is 0. The molecular weight excluding hydrogens is 272 g/mol. The van der Waals surface area contributed by atoms with E-state index in [4.69, 9.17) is 0 Å². The third-order valence-electron chi connectivity index (χ3n) is 0. The molecule has 0 nitrogen and oxygen atoms in total. The van der Waals surface area contributed by atoms with Crippen LogP contribution in [-0.4, -0.2) is 0 Å². The second kappa shape index (κ2) is 18.4. The van der Waals surface area contributed by atoms with Gasteiger partial charge in [0.05, 0.1) is 0 Å². The Morgan fingerprint density at radius 3 is 1.00 bits per heavy atom. The van der Waals surface area contributed by atoms with Gasteiger partial charge in [0.15, 0.2) is 0 Å². The topological polar surface area (TPSA) is 0 Å². The van der Waals surface area contributed by atoms with E-state index in [9.17, 15) is 0 Å². The Balaban J connectivity index is 0. The van der Waals surface area contributed by atoms with Crippen LogP contribution >= 0.6 is 0 Å². The molecule has 0 fully saturated rings. The molecule has 0 amide bonds. The van der Waals surface area contributed by atoms with E-state index < -0.39 is 0 Å². The Bertz CT molecular complexity index is 8.00. The first kappa shape index (κ1) is 33.0. The van der Waals surface area contributed by atoms with Crippen molar-refractivity contribution in [2.24, 2.45) is 0 Å². The minimum Gasteiger partial charge on any atom is 0 e. The van der Waals surface area contributed by atoms with Crippen LogP contribution in [0.3, 0.4) is 0 Å². The van der Waals surface area contributed by atoms with Crippen LogP contribution in [0.25, 0.3) is 0 Å². The van der Waals surface area contributed by atoms with Crippen molar-refractivity contribution < 1.29 is 74.4 Å². The Labute approximate surface area is 73.6 Å². The van der Waals surface area contributed by atoms with Gasteiger partial charge in [-0.15, -0.1) is 0 Å². The maximum Gasteiger partial charge on any atom is 0 e. The standard InChI is InChI=1S/Cr.Mo.Ni.Zn. The van der Waals surface area contributed by atoms with Gasteiger partial charge in [-0.25, -0.2) is 0 Å². The molecule has 0 saturated carbocycles. The van der Waals surface area contributed by atoms with E-state index in [-0.39, 0.29) is 74.4 Å². The summed E-state index contributed by atoms with van der Waals surface area (Å²) in [5, 5.41) is 0. The second-order valence-electron chi connectivity index (χ2n) is 0. The number of rotatable bonds is 0. The predicted molar refractivity (Wildman–Crippen MR) is 0 cm³/mol. The quantitative estimate of drug-likeness (QED) is 0.544. The molecule has 0 unspecified atom stereocenters. The summed E-state index contributed by atoms with van der Waals surface area (Å²) in [7, 11) is 0. The molecule has 4 heavy (non-hydrogen) atoms. The molecule has 0 aromatic heterocycles. The van der Waals surface area contributed by atoms with E-state index in [2.05, 4.69) is 0 Å². The summed E-state index contributed by atoms with van der Waals surface area (Å²) in [5.74, 6) is 0. The average molecular weight is 272 g/mol. The van der Waals surface area contributed by atoms with Crippen LogP contribution in [0.4, 0.5) is 0 Å². The van der Waals surface area contributed by atoms with Crippen molar-refractivity contribution in [3.05, 3.63) is 0 Å². The first-order chi connectivity index (χ1) is 0. The molecule has 0 bridgehead atoms. The minimum atomic E-state index is 0. The molecular formula is CrMoNiZn. The van der Waals surface area contributed by atoms with Crippen molar-refractivity contribution in [1.82, 2.24) is 0 Å². The first-order valence-corrected chi connectivity index (χ1v) is 0. The SMILES string of the molecule is [Cr].[Mo].[Ni].[Zn]. The van der Waals surface area contributed by atoms with Gasteiger partial charge < -0.3 is 0 Å². The Morgan fingerprint density at radius 1 is 1.00 bits per heavy atom. The zero-order valence-electron chi connectivity index (χ0n) is 1.84. The molecule has 0 atom stereocenters. The smallest absolute Gasteiger partial charge is 0 e. The zero-order valence-corrected chi connectivity index (χ0v) is 9.08. The third kappa shape index (κ3) is 8.84. The zero-order chi connectivity index (χ0) is 0. The van der Waals surface area contributed by atoms with Crippen molar-refractivity contribution in [2.75, 3.05) is 0 Å². The fourth-order valence-electron chi connectivity index (χ4n) is 0. The van der Waals surface area contributed by atoms with Crippen LogP contribution < -0.4 is 0 Å². The van der Waals surface area contributed by atoms with Gasteiger partial charge in [-0.05, 0) is 0 Å². The van der Waals surface area contributed by atoms with Crippen LogP contribution in [0.1, 0.15) is 0 Å². The van der Waals surface area contributed by atoms with Gasteiger partial charge >= 0.3 is 0 Å². The van der Waals surface area contributed by atoms with Gasteiger partial charge in [0, 0.05) is 74.4 Å². The van der Waals surface area contributed by atoms with Crippen LogP contribution in [0.15, 0.2) is 0 Å². The summed E-state index contributed by atoms with van der Waals surface area (Å²) in [6.45, 7) is 0. The molecule has 0 aliphatic carbocycles. The maximum atomic E-state index is 0. The largest absolute Gasteiger partial charge is 0 e. The Kier molecular flexibility index (Phi) is 152. The number of hydrogen-bond acceptors (Lipinski definition) is 0. The van der Waals surface area contributed by atoms with Crippen LogP contribution in [0.5, 0.6) is 0 Å². The van der Waals surface area contributed by atoms with Gasteiger partial charge in [-0.1, -0.05) is 0 Å². The molecule has 0 aromatic rings. The van der Waals surface area contributed by atoms with Gasteiger partial charge in [0.2, 0.25) is 0 Å². The molecule has 0 radical (unpaired) electrons. The summed E-state index contributed by atoms with van der Waals surface area (Å²) in [5.41, 5.74) is 0. The van der Waals surface area contributed by atoms with Crippen LogP contribution in [-0.2, 0) is 74.4 Å². The van der Waals surface area contributed by atoms with Gasteiger partial charge in [0.25, 0.3) is 0 Å². The first-order valence-electron chi connectivity index (χ1n) is 0. The maximum absolute atomic E-state index is 0. The summed E-state index contributed by atoms with van der Waals surface area (Å²) >= 11 is 0. The molecule has 0 aliphatic rings. The van der Waals surface area contributed by atoms with E-state index in [1.807, 2.05) is 0 Å². The molecule has 0 heterocycles. The van der Waals surface area contributed by atoms with E-state index >= 15 is 0 Å². The normalized spacial score (nSPS) is 0. The van der Waals surface area contributed by atoms with Crippen LogP contribution in [0.2, 0.25) is 0 Å². The fraction of sp³-hybridized carbons (Fsp3) is 0. The predicted octanol–water partition coefficient (Wildman–Crippen LogP) is -0.0100. The van der Waals surface area contributed by atoms with E-state index in [1.54, 1.807) is 0 Å². The van der Waals surface area contributed by atoms with Gasteiger partial charge in [0.1, 0.15) is 0 Å². The second-order valence-corrected chi connectivity index (χ2v) is 0. The molecule has 0 spiro atoms. The molecule has 24 valence electrons. The van der Waals surface area contributed by atoms with E-state index in [1.165, 1.54) is 0 Å². The van der Waals surface area contributed by atoms with Gasteiger partial charge in [-0.2, -0.15) is 0 Å². The minimum absolute atomic E-state index is 0. The van der Waals surface area contributed by atoms with Crippen molar-refractivity contribution >= 4 is 0 Å². The molecule has 0 aromatic carbocycles. The van der Waals surface area contributed by atoms with Crippen molar-refractivity contribution in [3.63, 3.8) is 0 Å². The monoisotopic (exact) mass is 272 g/mol. The van der Waals surface area contributed by atoms with Crippen LogP contribution in [0, 0.1) is 0 Å². The summed E-state index contributed by atoms with van der Waals surface area (Å²) in [6.07, 6.45) is 0. The number of hydrogen-bond donors (Lipinski definition) is 0. The summed E-state index contributed by atoms with van der Waals surface area (Å²) in [6, 6.07) is 0. The van der Waals surface area contributed by atoms with Gasteiger partial charge in [-0.3, -0.25) is 0 Å². The third-order valence-corrected chi connectivity index (χ3v) is 0. The summed E-state index contributed by atoms with van der Waals surface area (Å²) < 4.78 is 0. The van der Waals surface area contributed by atoms with E-state index in [0.29, 0.717) is 0 Å². The molecule has 4 heteroatoms. The van der Waals surface area contributed by atoms with E-state index in [0.717, 1.165) is 0 Å².